The number of piperidine rings is 1. The third-order valence-corrected chi connectivity index (χ3v) is 8.88. The Labute approximate surface area is 148 Å². The third-order valence-electron chi connectivity index (χ3n) is 8.88. The fraction of sp³-hybridized carbons (Fsp3) is 0.696. The van der Waals surface area contributed by atoms with Crippen LogP contribution in [0.4, 0.5) is 0 Å². The Morgan fingerprint density at radius 3 is 2.54 bits per heavy atom. The van der Waals surface area contributed by atoms with Crippen LogP contribution >= 0.6 is 0 Å². The molecule has 1 aliphatic heterocycles. The van der Waals surface area contributed by atoms with Crippen molar-refractivity contribution in [3.63, 3.8) is 0 Å². The molecule has 2 bridgehead atoms. The van der Waals surface area contributed by atoms with Crippen LogP contribution in [0.25, 0.3) is 0 Å². The number of hydrogen-bond donors (Lipinski definition) is 0. The van der Waals surface area contributed by atoms with E-state index >= 15 is 0 Å². The summed E-state index contributed by atoms with van der Waals surface area (Å²) in [5.41, 5.74) is 7.23. The molecule has 1 saturated carbocycles. The SMILES string of the molecule is [CH2+][C@@H]1CCC2(C)[C@H]3Cc4ccc(C)c(C)c4[C@@]2(CCN3C)C1(C)C. The van der Waals surface area contributed by atoms with Crippen molar-refractivity contribution in [3.8, 4) is 0 Å². The Morgan fingerprint density at radius 1 is 1.12 bits per heavy atom. The number of likely N-dealkylation sites (N-methyl/N-ethyl adjacent to an activating group) is 1. The summed E-state index contributed by atoms with van der Waals surface area (Å²) >= 11 is 0. The molecule has 4 rings (SSSR count). The van der Waals surface area contributed by atoms with Gasteiger partial charge in [-0.15, -0.1) is 0 Å². The first kappa shape index (κ1) is 16.5. The second-order valence-electron chi connectivity index (χ2n) is 9.77. The number of rotatable bonds is 0. The minimum Gasteiger partial charge on any atom is -0.302 e. The molecule has 130 valence electrons. The Hall–Kier alpha value is -0.950. The van der Waals surface area contributed by atoms with E-state index < -0.39 is 0 Å². The highest BCUT2D eigenvalue weighted by Crippen LogP contribution is 2.70. The largest absolute Gasteiger partial charge is 0.302 e. The van der Waals surface area contributed by atoms with Gasteiger partial charge >= 0.3 is 0 Å². The second kappa shape index (κ2) is 4.81. The summed E-state index contributed by atoms with van der Waals surface area (Å²) in [5.74, 6) is 0.542. The van der Waals surface area contributed by atoms with Crippen molar-refractivity contribution in [2.75, 3.05) is 13.6 Å². The van der Waals surface area contributed by atoms with Crippen molar-refractivity contribution in [3.05, 3.63) is 41.3 Å². The van der Waals surface area contributed by atoms with Crippen molar-refractivity contribution in [2.24, 2.45) is 16.7 Å². The summed E-state index contributed by atoms with van der Waals surface area (Å²) in [6.45, 7) is 18.2. The van der Waals surface area contributed by atoms with Gasteiger partial charge in [0.2, 0.25) is 0 Å². The number of nitrogens with zero attached hydrogens (tertiary/aromatic N) is 1. The van der Waals surface area contributed by atoms with E-state index in [9.17, 15) is 0 Å². The third kappa shape index (κ3) is 1.63. The lowest BCUT2D eigenvalue weighted by atomic mass is 9.35. The van der Waals surface area contributed by atoms with Crippen LogP contribution in [0.5, 0.6) is 0 Å². The summed E-state index contributed by atoms with van der Waals surface area (Å²) in [7, 11) is 2.36. The molecule has 0 radical (unpaired) electrons. The van der Waals surface area contributed by atoms with Crippen LogP contribution in [0, 0.1) is 37.5 Å². The van der Waals surface area contributed by atoms with Gasteiger partial charge in [0, 0.05) is 16.9 Å². The summed E-state index contributed by atoms with van der Waals surface area (Å²) in [6, 6.07) is 5.46. The molecular weight excluding hydrogens is 290 g/mol. The average Bonchev–Trinajstić information content (AvgIpc) is 2.51. The van der Waals surface area contributed by atoms with Gasteiger partial charge in [0.15, 0.2) is 0 Å². The summed E-state index contributed by atoms with van der Waals surface area (Å²) in [5, 5.41) is 0. The smallest absolute Gasteiger partial charge is 0.101 e. The van der Waals surface area contributed by atoms with Gasteiger partial charge < -0.3 is 4.90 Å². The fourth-order valence-electron chi connectivity index (χ4n) is 7.14. The predicted molar refractivity (Wildman–Crippen MR) is 102 cm³/mol. The van der Waals surface area contributed by atoms with E-state index in [0.717, 1.165) is 0 Å². The van der Waals surface area contributed by atoms with Crippen molar-refractivity contribution in [1.29, 1.82) is 0 Å². The zero-order chi connectivity index (χ0) is 17.5. The standard InChI is InChI=1S/C23H34N/c1-15-8-9-18-14-19-22(6)11-10-16(2)21(4,5)23(22,12-13-24(19)7)20(18)17(15)3/h8-9,16,19H,2,10-14H2,1,3-7H3/q+1/t16-,19-,22?,23+/m1/s1. The molecule has 0 aromatic heterocycles. The number of hydrogen-bond acceptors (Lipinski definition) is 1. The molecule has 1 unspecified atom stereocenters. The Kier molecular flexibility index (Phi) is 3.31. The van der Waals surface area contributed by atoms with Crippen LogP contribution < -0.4 is 0 Å². The molecule has 4 atom stereocenters. The topological polar surface area (TPSA) is 3.24 Å². The number of likely N-dealkylation sites (tertiary alicyclic amines) is 1. The monoisotopic (exact) mass is 324 g/mol. The van der Waals surface area contributed by atoms with Gasteiger partial charge in [-0.2, -0.15) is 0 Å². The molecule has 24 heavy (non-hydrogen) atoms. The maximum Gasteiger partial charge on any atom is 0.101 e. The molecule has 1 aromatic rings. The van der Waals surface area contributed by atoms with E-state index in [0.29, 0.717) is 17.4 Å². The lowest BCUT2D eigenvalue weighted by molar-refractivity contribution is -0.150. The fourth-order valence-corrected chi connectivity index (χ4v) is 7.14. The maximum atomic E-state index is 4.64. The molecule has 0 amide bonds. The van der Waals surface area contributed by atoms with E-state index in [1.54, 1.807) is 16.7 Å². The minimum absolute atomic E-state index is 0.243. The molecule has 0 spiro atoms. The van der Waals surface area contributed by atoms with Crippen LogP contribution in [-0.4, -0.2) is 24.5 Å². The Balaban J connectivity index is 2.10. The normalized spacial score (nSPS) is 40.8. The number of benzene rings is 1. The van der Waals surface area contributed by atoms with Crippen LogP contribution in [0.2, 0.25) is 0 Å². The predicted octanol–water partition coefficient (Wildman–Crippen LogP) is 5.08. The highest BCUT2D eigenvalue weighted by atomic mass is 15.2. The van der Waals surface area contributed by atoms with Crippen LogP contribution in [0.1, 0.15) is 62.3 Å². The van der Waals surface area contributed by atoms with Gasteiger partial charge in [0.25, 0.3) is 0 Å². The van der Waals surface area contributed by atoms with Gasteiger partial charge in [0.05, 0.1) is 6.92 Å². The van der Waals surface area contributed by atoms with Crippen LogP contribution in [0.3, 0.4) is 0 Å². The molecule has 0 N–H and O–H groups in total. The average molecular weight is 325 g/mol. The van der Waals surface area contributed by atoms with E-state index in [1.165, 1.54) is 37.8 Å². The molecule has 1 heteroatoms. The van der Waals surface area contributed by atoms with E-state index in [1.807, 2.05) is 0 Å². The first-order valence-electron chi connectivity index (χ1n) is 9.80. The second-order valence-corrected chi connectivity index (χ2v) is 9.77. The Morgan fingerprint density at radius 2 is 1.83 bits per heavy atom. The summed E-state index contributed by atoms with van der Waals surface area (Å²) < 4.78 is 0. The van der Waals surface area contributed by atoms with Crippen LogP contribution in [-0.2, 0) is 11.8 Å². The molecule has 2 fully saturated rings. The van der Waals surface area contributed by atoms with Crippen molar-refractivity contribution >= 4 is 0 Å². The maximum absolute atomic E-state index is 4.64. The lowest BCUT2D eigenvalue weighted by Crippen LogP contribution is -2.72. The molecule has 2 aliphatic carbocycles. The quantitative estimate of drug-likeness (QED) is 0.602. The molecule has 1 nitrogen and oxygen atoms in total. The zero-order valence-electron chi connectivity index (χ0n) is 16.5. The van der Waals surface area contributed by atoms with Gasteiger partial charge in [-0.25, -0.2) is 0 Å². The first-order valence-corrected chi connectivity index (χ1v) is 9.80. The van der Waals surface area contributed by atoms with E-state index in [4.69, 9.17) is 0 Å². The molecule has 1 saturated heterocycles. The van der Waals surface area contributed by atoms with E-state index in [2.05, 4.69) is 65.6 Å². The van der Waals surface area contributed by atoms with Gasteiger partial charge in [-0.05, 0) is 80.8 Å². The van der Waals surface area contributed by atoms with Gasteiger partial charge in [-0.3, -0.25) is 0 Å². The molecular formula is C23H34N+. The summed E-state index contributed by atoms with van der Waals surface area (Å²) in [4.78, 5) is 2.66. The molecule has 3 aliphatic rings. The van der Waals surface area contributed by atoms with Crippen molar-refractivity contribution in [2.45, 2.75) is 71.8 Å². The molecule has 1 aromatic carbocycles. The summed E-state index contributed by atoms with van der Waals surface area (Å²) in [6.07, 6.45) is 5.11. The highest BCUT2D eigenvalue weighted by molar-refractivity contribution is 5.52. The van der Waals surface area contributed by atoms with Crippen molar-refractivity contribution < 1.29 is 0 Å². The Bertz CT molecular complexity index is 688. The van der Waals surface area contributed by atoms with Crippen LogP contribution in [0.15, 0.2) is 12.1 Å². The van der Waals surface area contributed by atoms with Crippen molar-refractivity contribution in [1.82, 2.24) is 4.90 Å². The zero-order valence-corrected chi connectivity index (χ0v) is 16.5. The highest BCUT2D eigenvalue weighted by Gasteiger charge is 2.70. The lowest BCUT2D eigenvalue weighted by Gasteiger charge is -2.70. The first-order chi connectivity index (χ1) is 11.2. The number of fused-ring (bicyclic) bond motifs is 1. The molecule has 1 heterocycles. The minimum atomic E-state index is 0.243. The number of aryl methyl sites for hydroxylation is 1. The van der Waals surface area contributed by atoms with Gasteiger partial charge in [0.1, 0.15) is 5.92 Å². The van der Waals surface area contributed by atoms with E-state index in [-0.39, 0.29) is 10.8 Å². The van der Waals surface area contributed by atoms with Gasteiger partial charge in [-0.1, -0.05) is 32.9 Å².